The normalized spacial score (nSPS) is 15.8. The van der Waals surface area contributed by atoms with E-state index in [1.54, 1.807) is 6.20 Å². The first kappa shape index (κ1) is 18.6. The van der Waals surface area contributed by atoms with E-state index in [2.05, 4.69) is 25.3 Å². The van der Waals surface area contributed by atoms with E-state index in [9.17, 15) is 9.59 Å². The molecule has 2 N–H and O–H groups in total. The van der Waals surface area contributed by atoms with Crippen LogP contribution in [-0.4, -0.2) is 52.0 Å². The number of nitrogens with zero attached hydrogens (tertiary/aromatic N) is 4. The Morgan fingerprint density at radius 3 is 2.87 bits per heavy atom. The number of aromatic nitrogens is 4. The number of hydrogen-bond acceptors (Lipinski definition) is 6. The highest BCUT2D eigenvalue weighted by atomic mass is 16.5. The molecule has 0 radical (unpaired) electrons. The summed E-state index contributed by atoms with van der Waals surface area (Å²) in [6.07, 6.45) is 5.53. The largest absolute Gasteiger partial charge is 0.378 e. The quantitative estimate of drug-likeness (QED) is 0.681. The molecule has 1 aliphatic heterocycles. The molecule has 5 rings (SSSR count). The maximum absolute atomic E-state index is 12.8. The van der Waals surface area contributed by atoms with Crippen molar-refractivity contribution in [2.45, 2.75) is 19.3 Å². The maximum atomic E-state index is 12.8. The Morgan fingerprint density at radius 2 is 2.00 bits per heavy atom. The molecule has 9 heteroatoms. The van der Waals surface area contributed by atoms with E-state index in [1.807, 2.05) is 24.3 Å². The lowest BCUT2D eigenvalue weighted by molar-refractivity contribution is 0.102. The lowest BCUT2D eigenvalue weighted by Crippen LogP contribution is -2.36. The highest BCUT2D eigenvalue weighted by Crippen LogP contribution is 2.27. The molecule has 1 aliphatic carbocycles. The fourth-order valence-corrected chi connectivity index (χ4v) is 3.95. The van der Waals surface area contributed by atoms with Crippen LogP contribution in [0.5, 0.6) is 0 Å². The van der Waals surface area contributed by atoms with E-state index >= 15 is 0 Å². The molecule has 0 atom stereocenters. The summed E-state index contributed by atoms with van der Waals surface area (Å²) in [6.45, 7) is 2.90. The van der Waals surface area contributed by atoms with Gasteiger partial charge in [-0.1, -0.05) is 12.1 Å². The molecule has 1 saturated heterocycles. The lowest BCUT2D eigenvalue weighted by Gasteiger charge is -2.30. The summed E-state index contributed by atoms with van der Waals surface area (Å²) < 4.78 is 6.85. The van der Waals surface area contributed by atoms with E-state index in [0.717, 1.165) is 55.0 Å². The predicted molar refractivity (Wildman–Crippen MR) is 111 cm³/mol. The maximum Gasteiger partial charge on any atom is 0.258 e. The second-order valence-corrected chi connectivity index (χ2v) is 7.41. The first-order valence-corrected chi connectivity index (χ1v) is 10.1. The number of benzene rings is 1. The zero-order valence-corrected chi connectivity index (χ0v) is 16.4. The molecule has 0 spiro atoms. The zero-order valence-electron chi connectivity index (χ0n) is 16.4. The summed E-state index contributed by atoms with van der Waals surface area (Å²) in [4.78, 5) is 34.6. The summed E-state index contributed by atoms with van der Waals surface area (Å²) in [6, 6.07) is 7.72. The topological polar surface area (TPSA) is 105 Å². The third kappa shape index (κ3) is 3.48. The molecule has 2 aromatic heterocycles. The summed E-state index contributed by atoms with van der Waals surface area (Å²) >= 11 is 0. The SMILES string of the molecule is O=C(Nc1ccccc1N1CCOCC1)c1cnn(-c2nc3c(c(=O)[nH]2)CCC3)c1. The second-order valence-electron chi connectivity index (χ2n) is 7.41. The van der Waals surface area contributed by atoms with Gasteiger partial charge in [0.2, 0.25) is 5.95 Å². The highest BCUT2D eigenvalue weighted by molar-refractivity contribution is 6.05. The molecule has 0 unspecified atom stereocenters. The number of aromatic amines is 1. The lowest BCUT2D eigenvalue weighted by atomic mass is 10.2. The van der Waals surface area contributed by atoms with Crippen molar-refractivity contribution >= 4 is 17.3 Å². The number of H-pyrrole nitrogens is 1. The Hall–Kier alpha value is -3.46. The van der Waals surface area contributed by atoms with Crippen molar-refractivity contribution in [1.82, 2.24) is 19.7 Å². The number of anilines is 2. The zero-order chi connectivity index (χ0) is 20.5. The third-order valence-corrected chi connectivity index (χ3v) is 5.49. The van der Waals surface area contributed by atoms with Gasteiger partial charge in [0, 0.05) is 24.8 Å². The second kappa shape index (κ2) is 7.75. The van der Waals surface area contributed by atoms with Crippen LogP contribution in [0.4, 0.5) is 11.4 Å². The molecule has 1 amide bonds. The highest BCUT2D eigenvalue weighted by Gasteiger charge is 2.20. The van der Waals surface area contributed by atoms with Crippen LogP contribution in [-0.2, 0) is 17.6 Å². The van der Waals surface area contributed by atoms with Crippen molar-refractivity contribution in [2.24, 2.45) is 0 Å². The number of carbonyl (C=O) groups excluding carboxylic acids is 1. The summed E-state index contributed by atoms with van der Waals surface area (Å²) in [5.41, 5.74) is 3.52. The van der Waals surface area contributed by atoms with E-state index in [1.165, 1.54) is 10.9 Å². The van der Waals surface area contributed by atoms with Crippen LogP contribution in [0.15, 0.2) is 41.5 Å². The Morgan fingerprint density at radius 1 is 1.17 bits per heavy atom. The molecule has 3 aromatic rings. The van der Waals surface area contributed by atoms with Crippen LogP contribution in [0, 0.1) is 0 Å². The number of ether oxygens (including phenoxy) is 1. The molecule has 1 fully saturated rings. The molecule has 3 heterocycles. The fourth-order valence-electron chi connectivity index (χ4n) is 3.95. The molecule has 0 bridgehead atoms. The van der Waals surface area contributed by atoms with Crippen LogP contribution in [0.3, 0.4) is 0 Å². The number of hydrogen-bond donors (Lipinski definition) is 2. The number of morpholine rings is 1. The van der Waals surface area contributed by atoms with Gasteiger partial charge in [-0.2, -0.15) is 5.10 Å². The van der Waals surface area contributed by atoms with Gasteiger partial charge in [-0.3, -0.25) is 14.6 Å². The van der Waals surface area contributed by atoms with Crippen molar-refractivity contribution < 1.29 is 9.53 Å². The minimum absolute atomic E-state index is 0.131. The van der Waals surface area contributed by atoms with Gasteiger partial charge in [0.25, 0.3) is 11.5 Å². The molecule has 1 aromatic carbocycles. The van der Waals surface area contributed by atoms with Gasteiger partial charge < -0.3 is 15.0 Å². The van der Waals surface area contributed by atoms with E-state index in [4.69, 9.17) is 4.74 Å². The Labute approximate surface area is 172 Å². The van der Waals surface area contributed by atoms with Crippen LogP contribution >= 0.6 is 0 Å². The van der Waals surface area contributed by atoms with Gasteiger partial charge in [0.05, 0.1) is 42.0 Å². The van der Waals surface area contributed by atoms with Crippen LogP contribution in [0.1, 0.15) is 28.0 Å². The van der Waals surface area contributed by atoms with E-state index in [-0.39, 0.29) is 11.5 Å². The predicted octanol–water partition coefficient (Wildman–Crippen LogP) is 1.53. The molecular formula is C21H22N6O3. The van der Waals surface area contributed by atoms with Crippen LogP contribution < -0.4 is 15.8 Å². The minimum atomic E-state index is -0.273. The number of para-hydroxylation sites is 2. The summed E-state index contributed by atoms with van der Waals surface area (Å²) in [5.74, 6) is 0.0545. The van der Waals surface area contributed by atoms with Gasteiger partial charge in [0.1, 0.15) is 0 Å². The monoisotopic (exact) mass is 406 g/mol. The molecule has 154 valence electrons. The first-order chi connectivity index (χ1) is 14.7. The fraction of sp³-hybridized carbons (Fsp3) is 0.333. The van der Waals surface area contributed by atoms with E-state index < -0.39 is 0 Å². The minimum Gasteiger partial charge on any atom is -0.378 e. The number of amides is 1. The molecule has 30 heavy (non-hydrogen) atoms. The summed E-state index contributed by atoms with van der Waals surface area (Å²) in [5, 5.41) is 7.20. The molecule has 0 saturated carbocycles. The standard InChI is InChI=1S/C21H22N6O3/c28-19(23-17-5-1-2-7-18(17)26-8-10-30-11-9-26)14-12-22-27(13-14)21-24-16-6-3-4-15(16)20(29)25-21/h1-2,5,7,12-13H,3-4,6,8-11H2,(H,23,28)(H,24,25,29). The first-order valence-electron chi connectivity index (χ1n) is 10.1. The third-order valence-electron chi connectivity index (χ3n) is 5.49. The van der Waals surface area contributed by atoms with Gasteiger partial charge in [-0.05, 0) is 31.4 Å². The van der Waals surface area contributed by atoms with Gasteiger partial charge in [-0.15, -0.1) is 0 Å². The van der Waals surface area contributed by atoms with Crippen LogP contribution in [0.25, 0.3) is 5.95 Å². The Bertz CT molecular complexity index is 1150. The number of rotatable bonds is 4. The number of carbonyl (C=O) groups is 1. The van der Waals surface area contributed by atoms with Crippen LogP contribution in [0.2, 0.25) is 0 Å². The number of aryl methyl sites for hydroxylation is 1. The summed E-state index contributed by atoms with van der Waals surface area (Å²) in [7, 11) is 0. The van der Waals surface area contributed by atoms with Crippen molar-refractivity contribution in [3.63, 3.8) is 0 Å². The van der Waals surface area contributed by atoms with Gasteiger partial charge in [0.15, 0.2) is 0 Å². The average Bonchev–Trinajstić information content (AvgIpc) is 3.45. The molecule has 9 nitrogen and oxygen atoms in total. The van der Waals surface area contributed by atoms with Crippen molar-refractivity contribution in [3.8, 4) is 5.95 Å². The number of nitrogens with one attached hydrogen (secondary N) is 2. The molecular weight excluding hydrogens is 384 g/mol. The van der Waals surface area contributed by atoms with Crippen molar-refractivity contribution in [3.05, 3.63) is 63.8 Å². The average molecular weight is 406 g/mol. The molecule has 2 aliphatic rings. The van der Waals surface area contributed by atoms with Crippen molar-refractivity contribution in [2.75, 3.05) is 36.5 Å². The number of fused-ring (bicyclic) bond motifs is 1. The van der Waals surface area contributed by atoms with Gasteiger partial charge in [-0.25, -0.2) is 9.67 Å². The Kier molecular flexibility index (Phi) is 4.80. The Balaban J connectivity index is 1.37. The van der Waals surface area contributed by atoms with E-state index in [0.29, 0.717) is 24.7 Å². The van der Waals surface area contributed by atoms with Gasteiger partial charge >= 0.3 is 0 Å². The smallest absolute Gasteiger partial charge is 0.258 e. The van der Waals surface area contributed by atoms with Crippen molar-refractivity contribution in [1.29, 1.82) is 0 Å².